The molecule has 0 aliphatic rings. The molecule has 0 spiro atoms. The Kier molecular flexibility index (Phi) is 3.54. The maximum Gasteiger partial charge on any atom is 0.190 e. The Morgan fingerprint density at radius 3 is 2.83 bits per heavy atom. The molecule has 3 rings (SSSR count). The average molecular weight is 311 g/mol. The number of aldehydes is 1. The molecule has 114 valence electrons. The van der Waals surface area contributed by atoms with E-state index in [4.69, 9.17) is 6.42 Å². The van der Waals surface area contributed by atoms with E-state index < -0.39 is 11.6 Å². The molecular weight excluding hydrogens is 300 g/mol. The van der Waals surface area contributed by atoms with Crippen LogP contribution in [-0.4, -0.2) is 15.7 Å². The number of carbonyl (C=O) groups is 1. The van der Waals surface area contributed by atoms with Crippen LogP contribution in [-0.2, 0) is 0 Å². The molecule has 0 aliphatic carbocycles. The second-order valence-corrected chi connectivity index (χ2v) is 4.98. The van der Waals surface area contributed by atoms with E-state index in [1.54, 1.807) is 13.0 Å². The monoisotopic (exact) mass is 311 g/mol. The van der Waals surface area contributed by atoms with Gasteiger partial charge >= 0.3 is 0 Å². The van der Waals surface area contributed by atoms with E-state index >= 15 is 0 Å². The largest absolute Gasteiger partial charge is 0.350 e. The number of halogens is 2. The first kappa shape index (κ1) is 14.7. The van der Waals surface area contributed by atoms with E-state index in [1.165, 1.54) is 28.9 Å². The van der Waals surface area contributed by atoms with Gasteiger partial charge in [0, 0.05) is 6.20 Å². The fourth-order valence-corrected chi connectivity index (χ4v) is 2.28. The van der Waals surface area contributed by atoms with Crippen molar-refractivity contribution in [1.29, 1.82) is 0 Å². The Labute approximate surface area is 130 Å². The highest BCUT2D eigenvalue weighted by Crippen LogP contribution is 2.28. The third-order valence-electron chi connectivity index (χ3n) is 3.43. The molecule has 0 bridgehead atoms. The molecule has 0 saturated carbocycles. The van der Waals surface area contributed by atoms with Crippen molar-refractivity contribution in [3.63, 3.8) is 0 Å². The van der Waals surface area contributed by atoms with Gasteiger partial charge in [0.25, 0.3) is 0 Å². The van der Waals surface area contributed by atoms with E-state index in [0.29, 0.717) is 12.0 Å². The molecule has 0 radical (unpaired) electrons. The summed E-state index contributed by atoms with van der Waals surface area (Å²) in [6, 6.07) is 4.46. The third-order valence-corrected chi connectivity index (χ3v) is 3.43. The maximum absolute atomic E-state index is 14.7. The van der Waals surface area contributed by atoms with Crippen LogP contribution in [0.5, 0.6) is 0 Å². The van der Waals surface area contributed by atoms with Crippen molar-refractivity contribution in [2.45, 2.75) is 6.92 Å². The number of terminal acetylenes is 1. The number of benzene rings is 1. The van der Waals surface area contributed by atoms with E-state index in [2.05, 4.69) is 16.2 Å². The molecule has 3 aromatic rings. The number of nitrogens with one attached hydrogen (secondary N) is 1. The molecule has 4 nitrogen and oxygen atoms in total. The lowest BCUT2D eigenvalue weighted by molar-refractivity contribution is 0.112. The molecule has 0 amide bonds. The van der Waals surface area contributed by atoms with Crippen LogP contribution < -0.4 is 5.32 Å². The molecule has 2 aromatic heterocycles. The Bertz CT molecular complexity index is 970. The molecule has 2 heterocycles. The smallest absolute Gasteiger partial charge is 0.190 e. The summed E-state index contributed by atoms with van der Waals surface area (Å²) < 4.78 is 29.9. The van der Waals surface area contributed by atoms with Crippen molar-refractivity contribution in [1.82, 2.24) is 9.38 Å². The van der Waals surface area contributed by atoms with Crippen LogP contribution in [0.1, 0.15) is 21.6 Å². The summed E-state index contributed by atoms with van der Waals surface area (Å²) in [6.45, 7) is 1.74. The van der Waals surface area contributed by atoms with Crippen LogP contribution in [0.15, 0.2) is 30.6 Å². The van der Waals surface area contributed by atoms with E-state index in [-0.39, 0.29) is 22.6 Å². The van der Waals surface area contributed by atoms with Gasteiger partial charge in [0.2, 0.25) is 0 Å². The number of pyridine rings is 1. The van der Waals surface area contributed by atoms with Crippen molar-refractivity contribution in [3.8, 4) is 12.3 Å². The zero-order valence-corrected chi connectivity index (χ0v) is 12.1. The van der Waals surface area contributed by atoms with Crippen molar-refractivity contribution >= 4 is 23.3 Å². The number of fused-ring (bicyclic) bond motifs is 1. The van der Waals surface area contributed by atoms with Crippen LogP contribution in [0.25, 0.3) is 5.65 Å². The third kappa shape index (κ3) is 2.42. The summed E-state index contributed by atoms with van der Waals surface area (Å²) in [6.07, 6.45) is 8.47. The number of aryl methyl sites for hydroxylation is 1. The average Bonchev–Trinajstić information content (AvgIpc) is 2.95. The molecular formula is C17H11F2N3O. The topological polar surface area (TPSA) is 46.4 Å². The minimum atomic E-state index is -0.781. The Balaban J connectivity index is 2.18. The summed E-state index contributed by atoms with van der Waals surface area (Å²) in [5, 5.41) is 2.62. The molecule has 0 atom stereocenters. The van der Waals surface area contributed by atoms with Gasteiger partial charge in [0.15, 0.2) is 17.8 Å². The Hall–Kier alpha value is -3.20. The van der Waals surface area contributed by atoms with Gasteiger partial charge in [0.1, 0.15) is 11.5 Å². The number of imidazole rings is 1. The highest BCUT2D eigenvalue weighted by Gasteiger charge is 2.17. The molecule has 1 aromatic carbocycles. The first-order valence-electron chi connectivity index (χ1n) is 6.69. The summed E-state index contributed by atoms with van der Waals surface area (Å²) in [4.78, 5) is 15.2. The van der Waals surface area contributed by atoms with Crippen molar-refractivity contribution < 1.29 is 13.6 Å². The van der Waals surface area contributed by atoms with Gasteiger partial charge in [-0.15, -0.1) is 6.42 Å². The highest BCUT2D eigenvalue weighted by molar-refractivity contribution is 5.87. The normalized spacial score (nSPS) is 10.5. The molecule has 23 heavy (non-hydrogen) atoms. The second kappa shape index (κ2) is 5.54. The minimum Gasteiger partial charge on any atom is -0.350 e. The van der Waals surface area contributed by atoms with E-state index in [9.17, 15) is 13.6 Å². The zero-order valence-electron chi connectivity index (χ0n) is 12.1. The molecule has 0 saturated heterocycles. The summed E-state index contributed by atoms with van der Waals surface area (Å²) >= 11 is 0. The van der Waals surface area contributed by atoms with Gasteiger partial charge in [-0.3, -0.25) is 9.20 Å². The van der Waals surface area contributed by atoms with E-state index in [0.717, 1.165) is 5.56 Å². The molecule has 1 N–H and O–H groups in total. The van der Waals surface area contributed by atoms with Crippen LogP contribution in [0.3, 0.4) is 0 Å². The van der Waals surface area contributed by atoms with Gasteiger partial charge in [-0.25, -0.2) is 13.8 Å². The molecule has 0 aliphatic heterocycles. The van der Waals surface area contributed by atoms with Crippen molar-refractivity contribution in [2.75, 3.05) is 5.32 Å². The van der Waals surface area contributed by atoms with Crippen molar-refractivity contribution in [3.05, 3.63) is 59.0 Å². The number of aromatic nitrogens is 2. The lowest BCUT2D eigenvalue weighted by Crippen LogP contribution is -2.05. The van der Waals surface area contributed by atoms with Gasteiger partial charge in [-0.05, 0) is 24.6 Å². The lowest BCUT2D eigenvalue weighted by atomic mass is 10.2. The number of rotatable bonds is 3. The summed E-state index contributed by atoms with van der Waals surface area (Å²) in [5.74, 6) is 1.02. The predicted octanol–water partition coefficient (Wildman–Crippen LogP) is 3.46. The number of nitrogens with zero attached hydrogens (tertiary/aromatic N) is 2. The minimum absolute atomic E-state index is 0.00414. The SMILES string of the molecule is C#Cc1cnc2c(F)c(Nc3ccc(C)cc3F)c(C=O)cn12. The fourth-order valence-electron chi connectivity index (χ4n) is 2.28. The van der Waals surface area contributed by atoms with Gasteiger partial charge in [0.05, 0.1) is 23.1 Å². The van der Waals surface area contributed by atoms with Crippen molar-refractivity contribution in [2.24, 2.45) is 0 Å². The lowest BCUT2D eigenvalue weighted by Gasteiger charge is -2.12. The second-order valence-electron chi connectivity index (χ2n) is 4.98. The highest BCUT2D eigenvalue weighted by atomic mass is 19.1. The zero-order chi connectivity index (χ0) is 16.6. The predicted molar refractivity (Wildman–Crippen MR) is 82.9 cm³/mol. The number of hydrogen-bond donors (Lipinski definition) is 1. The van der Waals surface area contributed by atoms with Crippen LogP contribution in [0.4, 0.5) is 20.2 Å². The molecule has 6 heteroatoms. The van der Waals surface area contributed by atoms with Crippen LogP contribution in [0.2, 0.25) is 0 Å². The first-order chi connectivity index (χ1) is 11.0. The summed E-state index contributed by atoms with van der Waals surface area (Å²) in [7, 11) is 0. The fraction of sp³-hybridized carbons (Fsp3) is 0.0588. The molecule has 0 fully saturated rings. The van der Waals surface area contributed by atoms with Crippen LogP contribution >= 0.6 is 0 Å². The quantitative estimate of drug-likeness (QED) is 0.595. The number of carbonyl (C=O) groups excluding carboxylic acids is 1. The number of hydrogen-bond acceptors (Lipinski definition) is 3. The summed E-state index contributed by atoms with van der Waals surface area (Å²) in [5.41, 5.74) is 0.916. The number of anilines is 2. The van der Waals surface area contributed by atoms with E-state index in [1.807, 2.05) is 0 Å². The maximum atomic E-state index is 14.7. The Morgan fingerprint density at radius 1 is 1.39 bits per heavy atom. The Morgan fingerprint density at radius 2 is 2.17 bits per heavy atom. The van der Waals surface area contributed by atoms with Crippen LogP contribution in [0, 0.1) is 30.9 Å². The standard InChI is InChI=1S/C17H11F2N3O/c1-3-12-7-20-17-15(19)16(11(9-23)8-22(12)17)21-14-5-4-10(2)6-13(14)18/h1,4-9,21H,2H3. The van der Waals surface area contributed by atoms with Gasteiger partial charge < -0.3 is 5.32 Å². The van der Waals surface area contributed by atoms with Gasteiger partial charge in [-0.2, -0.15) is 0 Å². The first-order valence-corrected chi connectivity index (χ1v) is 6.69. The molecule has 0 unspecified atom stereocenters. The van der Waals surface area contributed by atoms with Gasteiger partial charge in [-0.1, -0.05) is 12.0 Å².